The predicted molar refractivity (Wildman–Crippen MR) is 85.7 cm³/mol. The summed E-state index contributed by atoms with van der Waals surface area (Å²) in [6.45, 7) is 4.09. The maximum Gasteiger partial charge on any atom is 0.278 e. The van der Waals surface area contributed by atoms with E-state index in [4.69, 9.17) is 23.2 Å². The van der Waals surface area contributed by atoms with E-state index in [2.05, 4.69) is 6.92 Å². The monoisotopic (exact) mass is 325 g/mol. The molecule has 0 spiro atoms. The minimum absolute atomic E-state index is 0.200. The lowest BCUT2D eigenvalue weighted by Crippen LogP contribution is -2.32. The van der Waals surface area contributed by atoms with Crippen LogP contribution in [0.3, 0.4) is 0 Å². The minimum atomic E-state index is -0.537. The van der Waals surface area contributed by atoms with Gasteiger partial charge in [0.2, 0.25) is 0 Å². The highest BCUT2D eigenvalue weighted by atomic mass is 35.5. The molecule has 0 N–H and O–H groups in total. The molecule has 2 rings (SSSR count). The van der Waals surface area contributed by atoms with E-state index in [1.54, 1.807) is 0 Å². The van der Waals surface area contributed by atoms with Gasteiger partial charge in [0.15, 0.2) is 0 Å². The third-order valence-electron chi connectivity index (χ3n) is 3.58. The van der Waals surface area contributed by atoms with Crippen molar-refractivity contribution in [1.82, 2.24) is 0 Å². The maximum atomic E-state index is 12.3. The zero-order chi connectivity index (χ0) is 15.6. The molecule has 0 saturated carbocycles. The summed E-state index contributed by atoms with van der Waals surface area (Å²) in [5.41, 5.74) is 2.58. The molecule has 0 atom stereocenters. The first kappa shape index (κ1) is 16.1. The molecule has 112 valence electrons. The number of nitrogens with zero attached hydrogens (tertiary/aromatic N) is 1. The van der Waals surface area contributed by atoms with Crippen LogP contribution in [0.15, 0.2) is 28.3 Å². The number of carbonyl (C=O) groups is 2. The van der Waals surface area contributed by atoms with Crippen LogP contribution < -0.4 is 4.90 Å². The van der Waals surface area contributed by atoms with Crippen LogP contribution in [0.5, 0.6) is 0 Å². The topological polar surface area (TPSA) is 37.4 Å². The van der Waals surface area contributed by atoms with E-state index in [-0.39, 0.29) is 10.1 Å². The fourth-order valence-corrected chi connectivity index (χ4v) is 2.80. The molecule has 3 nitrogen and oxygen atoms in total. The van der Waals surface area contributed by atoms with Gasteiger partial charge >= 0.3 is 0 Å². The summed E-state index contributed by atoms with van der Waals surface area (Å²) in [6, 6.07) is 5.82. The largest absolute Gasteiger partial charge is 0.278 e. The Hall–Kier alpha value is -1.32. The molecule has 5 heteroatoms. The fraction of sp³-hybridized carbons (Fsp3) is 0.375. The molecular formula is C16H17Cl2NO2. The summed E-state index contributed by atoms with van der Waals surface area (Å²) in [5, 5.41) is -0.400. The molecule has 2 amide bonds. The first-order valence-corrected chi connectivity index (χ1v) is 7.83. The van der Waals surface area contributed by atoms with Gasteiger partial charge in [-0.3, -0.25) is 9.59 Å². The van der Waals surface area contributed by atoms with E-state index >= 15 is 0 Å². The summed E-state index contributed by atoms with van der Waals surface area (Å²) in [6.07, 6.45) is 3.57. The van der Waals surface area contributed by atoms with E-state index in [1.165, 1.54) is 0 Å². The minimum Gasteiger partial charge on any atom is -0.267 e. The average Bonchev–Trinajstić information content (AvgIpc) is 2.68. The van der Waals surface area contributed by atoms with Crippen molar-refractivity contribution in [2.75, 3.05) is 4.90 Å². The predicted octanol–water partition coefficient (Wildman–Crippen LogP) is 4.15. The van der Waals surface area contributed by atoms with Crippen LogP contribution in [0.25, 0.3) is 0 Å². The molecule has 1 aromatic rings. The molecule has 1 aliphatic heterocycles. The van der Waals surface area contributed by atoms with Crippen molar-refractivity contribution in [3.05, 3.63) is 39.4 Å². The number of carbonyl (C=O) groups excluding carboxylic acids is 2. The molecule has 0 bridgehead atoms. The third-order valence-corrected chi connectivity index (χ3v) is 4.38. The van der Waals surface area contributed by atoms with E-state index in [0.29, 0.717) is 5.69 Å². The Balaban J connectivity index is 2.52. The van der Waals surface area contributed by atoms with Gasteiger partial charge in [0.25, 0.3) is 11.8 Å². The molecule has 0 unspecified atom stereocenters. The Morgan fingerprint density at radius 3 is 2.10 bits per heavy atom. The SMILES string of the molecule is CCCCc1cccc(CC)c1N1C(=O)C(Cl)=C(Cl)C1=O. The zero-order valence-electron chi connectivity index (χ0n) is 12.1. The normalized spacial score (nSPS) is 15.3. The smallest absolute Gasteiger partial charge is 0.267 e. The number of benzene rings is 1. The first-order valence-electron chi connectivity index (χ1n) is 7.07. The molecule has 21 heavy (non-hydrogen) atoms. The highest BCUT2D eigenvalue weighted by molar-refractivity contribution is 6.62. The van der Waals surface area contributed by atoms with Crippen molar-refractivity contribution >= 4 is 40.7 Å². The van der Waals surface area contributed by atoms with E-state index < -0.39 is 11.8 Å². The fourth-order valence-electron chi connectivity index (χ4n) is 2.47. The molecule has 0 aliphatic carbocycles. The molecule has 0 fully saturated rings. The molecule has 1 aliphatic rings. The summed E-state index contributed by atoms with van der Waals surface area (Å²) in [7, 11) is 0. The van der Waals surface area contributed by atoms with Crippen LogP contribution in [-0.2, 0) is 22.4 Å². The second-order valence-corrected chi connectivity index (χ2v) is 5.71. The van der Waals surface area contributed by atoms with E-state index in [0.717, 1.165) is 41.7 Å². The Bertz CT molecular complexity index is 599. The van der Waals surface area contributed by atoms with Crippen LogP contribution in [0.4, 0.5) is 5.69 Å². The first-order chi connectivity index (χ1) is 10.0. The number of unbranched alkanes of at least 4 members (excludes halogenated alkanes) is 1. The van der Waals surface area contributed by atoms with Gasteiger partial charge in [-0.1, -0.05) is 61.7 Å². The number of rotatable bonds is 5. The van der Waals surface area contributed by atoms with Gasteiger partial charge in [-0.25, -0.2) is 4.90 Å². The van der Waals surface area contributed by atoms with Crippen molar-refractivity contribution in [1.29, 1.82) is 0 Å². The standard InChI is InChI=1S/C16H17Cl2NO2/c1-3-5-7-11-9-6-8-10(4-2)14(11)19-15(20)12(17)13(18)16(19)21/h6,8-9H,3-5,7H2,1-2H3. The Kier molecular flexibility index (Phi) is 5.07. The van der Waals surface area contributed by atoms with Crippen molar-refractivity contribution in [2.24, 2.45) is 0 Å². The summed E-state index contributed by atoms with van der Waals surface area (Å²) >= 11 is 11.7. The maximum absolute atomic E-state index is 12.3. The lowest BCUT2D eigenvalue weighted by atomic mass is 9.99. The number of amides is 2. The van der Waals surface area contributed by atoms with E-state index in [9.17, 15) is 9.59 Å². The Morgan fingerprint density at radius 2 is 1.57 bits per heavy atom. The van der Waals surface area contributed by atoms with Crippen LogP contribution in [0.2, 0.25) is 0 Å². The molecule has 1 heterocycles. The van der Waals surface area contributed by atoms with Crippen molar-refractivity contribution in [3.8, 4) is 0 Å². The molecular weight excluding hydrogens is 309 g/mol. The number of para-hydroxylation sites is 1. The number of anilines is 1. The van der Waals surface area contributed by atoms with Gasteiger partial charge in [-0.05, 0) is 30.4 Å². The van der Waals surface area contributed by atoms with Crippen LogP contribution in [-0.4, -0.2) is 11.8 Å². The summed E-state index contributed by atoms with van der Waals surface area (Å²) < 4.78 is 0. The number of hydrogen-bond acceptors (Lipinski definition) is 2. The number of hydrogen-bond donors (Lipinski definition) is 0. The summed E-state index contributed by atoms with van der Waals surface area (Å²) in [5.74, 6) is -1.07. The van der Waals surface area contributed by atoms with Crippen LogP contribution in [0.1, 0.15) is 37.8 Å². The van der Waals surface area contributed by atoms with Crippen molar-refractivity contribution in [2.45, 2.75) is 39.5 Å². The number of imide groups is 1. The van der Waals surface area contributed by atoms with Gasteiger partial charge in [0.05, 0.1) is 5.69 Å². The molecule has 1 aromatic carbocycles. The third kappa shape index (κ3) is 2.85. The highest BCUT2D eigenvalue weighted by Gasteiger charge is 2.39. The molecule has 0 saturated heterocycles. The number of aryl methyl sites for hydroxylation is 2. The Morgan fingerprint density at radius 1 is 1.00 bits per heavy atom. The van der Waals surface area contributed by atoms with Gasteiger partial charge < -0.3 is 0 Å². The second-order valence-electron chi connectivity index (χ2n) is 4.96. The highest BCUT2D eigenvalue weighted by Crippen LogP contribution is 2.36. The second kappa shape index (κ2) is 6.63. The van der Waals surface area contributed by atoms with Gasteiger partial charge in [-0.15, -0.1) is 0 Å². The summed E-state index contributed by atoms with van der Waals surface area (Å²) in [4.78, 5) is 25.6. The average molecular weight is 326 g/mol. The quantitative estimate of drug-likeness (QED) is 0.762. The van der Waals surface area contributed by atoms with Crippen molar-refractivity contribution < 1.29 is 9.59 Å². The van der Waals surface area contributed by atoms with Gasteiger partial charge in [-0.2, -0.15) is 0 Å². The lowest BCUT2D eigenvalue weighted by Gasteiger charge is -2.22. The van der Waals surface area contributed by atoms with Crippen molar-refractivity contribution in [3.63, 3.8) is 0 Å². The Labute approximate surface area is 134 Å². The van der Waals surface area contributed by atoms with Gasteiger partial charge in [0, 0.05) is 0 Å². The van der Waals surface area contributed by atoms with E-state index in [1.807, 2.05) is 25.1 Å². The number of halogens is 2. The molecule has 0 radical (unpaired) electrons. The van der Waals surface area contributed by atoms with Gasteiger partial charge in [0.1, 0.15) is 10.1 Å². The zero-order valence-corrected chi connectivity index (χ0v) is 13.6. The van der Waals surface area contributed by atoms with Crippen LogP contribution in [0, 0.1) is 0 Å². The lowest BCUT2D eigenvalue weighted by molar-refractivity contribution is -0.120. The molecule has 0 aromatic heterocycles. The van der Waals surface area contributed by atoms with Crippen LogP contribution >= 0.6 is 23.2 Å².